The minimum absolute atomic E-state index is 0.107. The molecule has 0 aliphatic rings. The van der Waals surface area contributed by atoms with Crippen molar-refractivity contribution in [2.75, 3.05) is 5.32 Å². The van der Waals surface area contributed by atoms with E-state index in [9.17, 15) is 4.79 Å². The fraction of sp³-hybridized carbons (Fsp3) is 0.263. The Bertz CT molecular complexity index is 1090. The monoisotopic (exact) mass is 397 g/mol. The van der Waals surface area contributed by atoms with Crippen molar-refractivity contribution in [3.63, 3.8) is 0 Å². The van der Waals surface area contributed by atoms with E-state index in [0.29, 0.717) is 29.6 Å². The second-order valence-electron chi connectivity index (χ2n) is 6.43. The summed E-state index contributed by atoms with van der Waals surface area (Å²) in [4.78, 5) is 17.0. The Hall–Kier alpha value is -3.20. The first-order valence-electron chi connectivity index (χ1n) is 8.79. The first-order chi connectivity index (χ1) is 13.5. The van der Waals surface area contributed by atoms with Crippen LogP contribution in [-0.4, -0.2) is 25.8 Å². The Morgan fingerprint density at radius 3 is 2.89 bits per heavy atom. The predicted octanol–water partition coefficient (Wildman–Crippen LogP) is 4.07. The van der Waals surface area contributed by atoms with Gasteiger partial charge in [-0.05, 0) is 39.3 Å². The van der Waals surface area contributed by atoms with E-state index in [-0.39, 0.29) is 5.91 Å². The van der Waals surface area contributed by atoms with E-state index in [1.165, 1.54) is 11.3 Å². The fourth-order valence-electron chi connectivity index (χ4n) is 2.94. The number of furan rings is 1. The van der Waals surface area contributed by atoms with Crippen LogP contribution in [0, 0.1) is 20.8 Å². The molecule has 0 radical (unpaired) electrons. The van der Waals surface area contributed by atoms with Gasteiger partial charge in [0.2, 0.25) is 11.0 Å². The Morgan fingerprint density at radius 2 is 2.18 bits per heavy atom. The van der Waals surface area contributed by atoms with Crippen molar-refractivity contribution in [1.29, 1.82) is 0 Å². The van der Waals surface area contributed by atoms with Gasteiger partial charge in [-0.25, -0.2) is 4.98 Å². The minimum Gasteiger partial charge on any atom is -0.463 e. The molecule has 0 saturated carbocycles. The van der Waals surface area contributed by atoms with Crippen molar-refractivity contribution in [3.8, 4) is 16.6 Å². The summed E-state index contributed by atoms with van der Waals surface area (Å²) in [6, 6.07) is 5.49. The molecule has 0 unspecified atom stereocenters. The van der Waals surface area contributed by atoms with Crippen LogP contribution in [0.3, 0.4) is 0 Å². The van der Waals surface area contributed by atoms with Crippen LogP contribution >= 0.6 is 11.3 Å². The quantitative estimate of drug-likeness (QED) is 0.526. The van der Waals surface area contributed by atoms with Crippen molar-refractivity contribution in [1.82, 2.24) is 19.9 Å². The molecular formula is C19H19N5O3S. The van der Waals surface area contributed by atoms with Crippen molar-refractivity contribution >= 4 is 23.1 Å². The van der Waals surface area contributed by atoms with Crippen molar-refractivity contribution in [3.05, 3.63) is 52.6 Å². The normalized spacial score (nSPS) is 11.1. The van der Waals surface area contributed by atoms with E-state index in [1.807, 2.05) is 44.4 Å². The number of amides is 1. The third-order valence-corrected chi connectivity index (χ3v) is 5.15. The van der Waals surface area contributed by atoms with Gasteiger partial charge in [0.25, 0.3) is 0 Å². The molecule has 1 N–H and O–H groups in total. The van der Waals surface area contributed by atoms with Crippen LogP contribution < -0.4 is 5.32 Å². The van der Waals surface area contributed by atoms with E-state index in [1.54, 1.807) is 10.9 Å². The molecular weight excluding hydrogens is 378 g/mol. The van der Waals surface area contributed by atoms with E-state index in [4.69, 9.17) is 8.94 Å². The molecule has 28 heavy (non-hydrogen) atoms. The largest absolute Gasteiger partial charge is 0.463 e. The molecule has 0 bridgehead atoms. The lowest BCUT2D eigenvalue weighted by Gasteiger charge is -2.06. The Kier molecular flexibility index (Phi) is 4.82. The number of carbonyl (C=O) groups is 1. The highest BCUT2D eigenvalue weighted by Gasteiger charge is 2.16. The van der Waals surface area contributed by atoms with Crippen LogP contribution in [-0.2, 0) is 11.2 Å². The lowest BCUT2D eigenvalue weighted by Crippen LogP contribution is -2.15. The smallest absolute Gasteiger partial charge is 0.225 e. The number of aryl methyl sites for hydroxylation is 3. The summed E-state index contributed by atoms with van der Waals surface area (Å²) in [7, 11) is 0. The summed E-state index contributed by atoms with van der Waals surface area (Å²) in [6.45, 7) is 5.60. The minimum atomic E-state index is -0.107. The first kappa shape index (κ1) is 18.2. The zero-order chi connectivity index (χ0) is 19.7. The molecule has 0 aliphatic carbocycles. The molecule has 0 aromatic carbocycles. The molecule has 9 heteroatoms. The topological polar surface area (TPSA) is 99.0 Å². The number of hydrogen-bond acceptors (Lipinski definition) is 7. The van der Waals surface area contributed by atoms with E-state index in [0.717, 1.165) is 28.4 Å². The van der Waals surface area contributed by atoms with Gasteiger partial charge in [-0.2, -0.15) is 9.78 Å². The van der Waals surface area contributed by atoms with E-state index >= 15 is 0 Å². The molecule has 4 heterocycles. The molecule has 1 amide bonds. The van der Waals surface area contributed by atoms with Crippen molar-refractivity contribution in [2.24, 2.45) is 0 Å². The fourth-order valence-corrected chi connectivity index (χ4v) is 3.71. The van der Waals surface area contributed by atoms with Gasteiger partial charge in [0.15, 0.2) is 5.76 Å². The number of rotatable bonds is 6. The molecule has 4 aromatic rings. The summed E-state index contributed by atoms with van der Waals surface area (Å²) < 4.78 is 12.2. The van der Waals surface area contributed by atoms with Gasteiger partial charge in [0, 0.05) is 23.4 Å². The number of hydrogen-bond donors (Lipinski definition) is 1. The second-order valence-corrected chi connectivity index (χ2v) is 7.26. The molecule has 8 nitrogen and oxygen atoms in total. The molecule has 4 rings (SSSR count). The van der Waals surface area contributed by atoms with Gasteiger partial charge in [0.1, 0.15) is 17.3 Å². The first-order valence-corrected chi connectivity index (χ1v) is 9.67. The highest BCUT2D eigenvalue weighted by atomic mass is 32.1. The molecule has 4 aromatic heterocycles. The zero-order valence-corrected chi connectivity index (χ0v) is 16.5. The van der Waals surface area contributed by atoms with Gasteiger partial charge < -0.3 is 14.3 Å². The second kappa shape index (κ2) is 7.43. The van der Waals surface area contributed by atoms with Gasteiger partial charge in [0.05, 0.1) is 17.7 Å². The number of nitrogens with one attached hydrogen (secondary N) is 1. The Morgan fingerprint density at radius 1 is 1.32 bits per heavy atom. The van der Waals surface area contributed by atoms with Gasteiger partial charge in [-0.3, -0.25) is 4.79 Å². The Balaban J connectivity index is 1.49. The van der Waals surface area contributed by atoms with Crippen LogP contribution in [0.4, 0.5) is 5.82 Å². The molecule has 0 fully saturated rings. The third-order valence-electron chi connectivity index (χ3n) is 4.33. The highest BCUT2D eigenvalue weighted by Crippen LogP contribution is 2.26. The molecule has 0 aliphatic heterocycles. The zero-order valence-electron chi connectivity index (χ0n) is 15.7. The van der Waals surface area contributed by atoms with E-state index in [2.05, 4.69) is 20.6 Å². The van der Waals surface area contributed by atoms with Gasteiger partial charge in [-0.1, -0.05) is 5.16 Å². The van der Waals surface area contributed by atoms with E-state index < -0.39 is 0 Å². The lowest BCUT2D eigenvalue weighted by atomic mass is 10.1. The highest BCUT2D eigenvalue weighted by molar-refractivity contribution is 7.12. The van der Waals surface area contributed by atoms with Crippen LogP contribution in [0.5, 0.6) is 0 Å². The number of anilines is 1. The average Bonchev–Trinajstić information content (AvgIpc) is 3.42. The van der Waals surface area contributed by atoms with Crippen molar-refractivity contribution in [2.45, 2.75) is 33.6 Å². The summed E-state index contributed by atoms with van der Waals surface area (Å²) in [6.07, 6.45) is 2.50. The predicted molar refractivity (Wildman–Crippen MR) is 105 cm³/mol. The van der Waals surface area contributed by atoms with Gasteiger partial charge in [-0.15, -0.1) is 11.3 Å². The SMILES string of the molecule is Cc1cc(NC(=O)CCc2c(C)noc2C)n(-c2nc(-c3ccco3)cs2)n1. The molecule has 0 spiro atoms. The number of aromatic nitrogens is 4. The summed E-state index contributed by atoms with van der Waals surface area (Å²) in [5, 5.41) is 13.9. The summed E-state index contributed by atoms with van der Waals surface area (Å²) in [5.74, 6) is 1.92. The number of thiazole rings is 1. The molecule has 144 valence electrons. The number of carbonyl (C=O) groups excluding carboxylic acids is 1. The van der Waals surface area contributed by atoms with Crippen LogP contribution in [0.2, 0.25) is 0 Å². The van der Waals surface area contributed by atoms with Gasteiger partial charge >= 0.3 is 0 Å². The van der Waals surface area contributed by atoms with Crippen molar-refractivity contribution < 1.29 is 13.7 Å². The number of nitrogens with zero attached hydrogens (tertiary/aromatic N) is 4. The van der Waals surface area contributed by atoms with Crippen LogP contribution in [0.1, 0.15) is 29.1 Å². The lowest BCUT2D eigenvalue weighted by molar-refractivity contribution is -0.116. The summed E-state index contributed by atoms with van der Waals surface area (Å²) in [5.41, 5.74) is 3.31. The maximum absolute atomic E-state index is 12.5. The molecule has 0 saturated heterocycles. The average molecular weight is 397 g/mol. The van der Waals surface area contributed by atoms with Crippen LogP contribution in [0.15, 0.2) is 38.8 Å². The maximum atomic E-state index is 12.5. The standard InChI is InChI=1S/C19H19N5O3S/c1-11-9-17(21-18(25)7-6-14-12(2)23-27-13(14)3)24(22-11)19-20-15(10-28-19)16-5-4-8-26-16/h4-5,8-10H,6-7H2,1-3H3,(H,21,25). The third kappa shape index (κ3) is 3.61. The Labute approximate surface area is 165 Å². The molecule has 0 atom stereocenters. The maximum Gasteiger partial charge on any atom is 0.225 e. The summed E-state index contributed by atoms with van der Waals surface area (Å²) >= 11 is 1.43. The van der Waals surface area contributed by atoms with Crippen LogP contribution in [0.25, 0.3) is 16.6 Å².